The molecule has 170 valence electrons. The number of nitrogens with one attached hydrogen (secondary N) is 2. The molecule has 2 aliphatic rings. The summed E-state index contributed by atoms with van der Waals surface area (Å²) in [5.74, 6) is 1.86. The normalized spacial score (nSPS) is 19.2. The van der Waals surface area contributed by atoms with E-state index in [0.717, 1.165) is 61.3 Å². The van der Waals surface area contributed by atoms with Gasteiger partial charge in [-0.15, -0.1) is 0 Å². The summed E-state index contributed by atoms with van der Waals surface area (Å²) >= 11 is 0. The first-order valence-corrected chi connectivity index (χ1v) is 11.8. The van der Waals surface area contributed by atoms with Gasteiger partial charge in [0.05, 0.1) is 12.3 Å². The first kappa shape index (κ1) is 21.0. The number of rotatable bonds is 8. The number of anilines is 1. The minimum atomic E-state index is 0.0843. The van der Waals surface area contributed by atoms with Crippen LogP contribution in [-0.2, 0) is 6.54 Å². The van der Waals surface area contributed by atoms with E-state index >= 15 is 0 Å². The Labute approximate surface area is 188 Å². The third kappa shape index (κ3) is 4.50. The van der Waals surface area contributed by atoms with Crippen LogP contribution in [0.5, 0.6) is 11.8 Å². The first-order valence-electron chi connectivity index (χ1n) is 11.8. The summed E-state index contributed by atoms with van der Waals surface area (Å²) in [6.45, 7) is 6.72. The highest BCUT2D eigenvalue weighted by atomic mass is 16.5. The predicted octanol–water partition coefficient (Wildman–Crippen LogP) is 3.92. The Balaban J connectivity index is 1.41. The van der Waals surface area contributed by atoms with Crippen LogP contribution in [0.25, 0.3) is 5.65 Å². The van der Waals surface area contributed by atoms with Gasteiger partial charge < -0.3 is 20.1 Å². The van der Waals surface area contributed by atoms with E-state index in [1.54, 1.807) is 4.52 Å². The van der Waals surface area contributed by atoms with Crippen molar-refractivity contribution in [1.82, 2.24) is 24.9 Å². The molecule has 0 radical (unpaired) electrons. The molecule has 2 N–H and O–H groups in total. The maximum absolute atomic E-state index is 6.19. The summed E-state index contributed by atoms with van der Waals surface area (Å²) in [6, 6.07) is 8.59. The van der Waals surface area contributed by atoms with Crippen LogP contribution in [0, 0.1) is 0 Å². The zero-order chi connectivity index (χ0) is 21.9. The van der Waals surface area contributed by atoms with E-state index in [0.29, 0.717) is 30.5 Å². The van der Waals surface area contributed by atoms with Crippen LogP contribution in [-0.4, -0.2) is 44.9 Å². The molecule has 1 saturated heterocycles. The lowest BCUT2D eigenvalue weighted by Crippen LogP contribution is -2.37. The number of hydrogen-bond acceptors (Lipinski definition) is 7. The van der Waals surface area contributed by atoms with Crippen molar-refractivity contribution in [2.75, 3.05) is 18.4 Å². The lowest BCUT2D eigenvalue weighted by Gasteiger charge is -2.27. The van der Waals surface area contributed by atoms with Crippen LogP contribution in [0.4, 0.5) is 5.95 Å². The van der Waals surface area contributed by atoms with Gasteiger partial charge in [0.25, 0.3) is 0 Å². The van der Waals surface area contributed by atoms with E-state index in [-0.39, 0.29) is 6.10 Å². The molecule has 1 atom stereocenters. The number of nitrogens with zero attached hydrogens (tertiary/aromatic N) is 4. The molecule has 1 aromatic carbocycles. The van der Waals surface area contributed by atoms with Crippen molar-refractivity contribution in [1.29, 1.82) is 0 Å². The number of fused-ring (bicyclic) bond motifs is 1. The third-order valence-corrected chi connectivity index (χ3v) is 6.28. The fourth-order valence-electron chi connectivity index (χ4n) is 4.13. The second-order valence-corrected chi connectivity index (χ2v) is 9.04. The van der Waals surface area contributed by atoms with Gasteiger partial charge in [-0.1, -0.05) is 32.0 Å². The van der Waals surface area contributed by atoms with Gasteiger partial charge in [-0.3, -0.25) is 0 Å². The van der Waals surface area contributed by atoms with Gasteiger partial charge in [-0.05, 0) is 50.6 Å². The highest BCUT2D eigenvalue weighted by Gasteiger charge is 2.22. The molecule has 0 unspecified atom stereocenters. The zero-order valence-electron chi connectivity index (χ0n) is 18.9. The monoisotopic (exact) mass is 436 g/mol. The fourth-order valence-corrected chi connectivity index (χ4v) is 4.13. The molecule has 1 aliphatic carbocycles. The molecule has 0 amide bonds. The molecular formula is C24H32N6O2. The highest BCUT2D eigenvalue weighted by molar-refractivity contribution is 5.53. The number of ether oxygens (including phenoxy) is 2. The molecule has 8 heteroatoms. The lowest BCUT2D eigenvalue weighted by molar-refractivity contribution is 0.119. The fraction of sp³-hybridized carbons (Fsp3) is 0.542. The van der Waals surface area contributed by atoms with Gasteiger partial charge in [0.2, 0.25) is 5.95 Å². The highest BCUT2D eigenvalue weighted by Crippen LogP contribution is 2.29. The molecular weight excluding hydrogens is 404 g/mol. The van der Waals surface area contributed by atoms with E-state index in [2.05, 4.69) is 40.6 Å². The van der Waals surface area contributed by atoms with Gasteiger partial charge in [-0.25, -0.2) is 0 Å². The molecule has 2 aromatic heterocycles. The largest absolute Gasteiger partial charge is 0.490 e. The Morgan fingerprint density at radius 1 is 1.09 bits per heavy atom. The number of benzene rings is 1. The van der Waals surface area contributed by atoms with Gasteiger partial charge in [0, 0.05) is 24.2 Å². The first-order chi connectivity index (χ1) is 15.7. The molecule has 1 aliphatic heterocycles. The van der Waals surface area contributed by atoms with E-state index in [4.69, 9.17) is 14.5 Å². The molecule has 2 fully saturated rings. The van der Waals surface area contributed by atoms with Crippen molar-refractivity contribution < 1.29 is 9.47 Å². The van der Waals surface area contributed by atoms with Crippen LogP contribution < -0.4 is 20.1 Å². The molecule has 3 heterocycles. The summed E-state index contributed by atoms with van der Waals surface area (Å²) in [4.78, 5) is 9.40. The smallest absolute Gasteiger partial charge is 0.322 e. The number of hydrogen-bond donors (Lipinski definition) is 2. The van der Waals surface area contributed by atoms with Crippen molar-refractivity contribution in [2.45, 2.75) is 70.6 Å². The summed E-state index contributed by atoms with van der Waals surface area (Å²) in [5, 5.41) is 11.4. The van der Waals surface area contributed by atoms with Gasteiger partial charge in [-0.2, -0.15) is 19.6 Å². The molecule has 3 aromatic rings. The van der Waals surface area contributed by atoms with Crippen molar-refractivity contribution in [2.24, 2.45) is 0 Å². The van der Waals surface area contributed by atoms with Crippen molar-refractivity contribution >= 4 is 11.6 Å². The van der Waals surface area contributed by atoms with E-state index in [1.165, 1.54) is 6.42 Å². The second-order valence-electron chi connectivity index (χ2n) is 9.04. The Kier molecular flexibility index (Phi) is 6.12. The number of piperidine rings is 1. The minimum absolute atomic E-state index is 0.0843. The second kappa shape index (κ2) is 9.32. The Hall–Kier alpha value is -2.87. The lowest BCUT2D eigenvalue weighted by atomic mass is 9.96. The van der Waals surface area contributed by atoms with Crippen molar-refractivity contribution in [3.8, 4) is 11.8 Å². The molecule has 5 rings (SSSR count). The van der Waals surface area contributed by atoms with E-state index in [9.17, 15) is 0 Å². The Bertz CT molecular complexity index is 1060. The van der Waals surface area contributed by atoms with Gasteiger partial charge in [0.15, 0.2) is 5.65 Å². The van der Waals surface area contributed by atoms with Gasteiger partial charge in [0.1, 0.15) is 11.9 Å². The summed E-state index contributed by atoms with van der Waals surface area (Å²) in [7, 11) is 0. The van der Waals surface area contributed by atoms with Crippen LogP contribution in [0.1, 0.15) is 63.0 Å². The van der Waals surface area contributed by atoms with E-state index < -0.39 is 0 Å². The summed E-state index contributed by atoms with van der Waals surface area (Å²) < 4.78 is 14.1. The third-order valence-electron chi connectivity index (χ3n) is 6.28. The molecule has 0 bridgehead atoms. The predicted molar refractivity (Wildman–Crippen MR) is 123 cm³/mol. The Morgan fingerprint density at radius 3 is 2.69 bits per heavy atom. The average Bonchev–Trinajstić information content (AvgIpc) is 3.20. The van der Waals surface area contributed by atoms with Gasteiger partial charge >= 0.3 is 6.01 Å². The van der Waals surface area contributed by atoms with Crippen LogP contribution >= 0.6 is 0 Å². The van der Waals surface area contributed by atoms with Crippen molar-refractivity contribution in [3.05, 3.63) is 41.6 Å². The maximum atomic E-state index is 6.19. The SMILES string of the molecule is CC(C)c1cnn2c(NCc3ccccc3OC3CCC3)nc(O[C@@H]3CCCNC3)nc12. The average molecular weight is 437 g/mol. The standard InChI is InChI=1S/C24H32N6O2/c1-16(2)20-15-27-30-22(20)28-24(32-19-10-6-12-25-14-19)29-23(30)26-13-17-7-3-4-11-21(17)31-18-8-5-9-18/h3-4,7,11,15-16,18-19,25H,5-6,8-10,12-14H2,1-2H3,(H,26,28,29)/t19-/m1/s1. The topological polar surface area (TPSA) is 85.6 Å². The van der Waals surface area contributed by atoms with Crippen LogP contribution in [0.15, 0.2) is 30.5 Å². The molecule has 8 nitrogen and oxygen atoms in total. The van der Waals surface area contributed by atoms with E-state index in [1.807, 2.05) is 24.4 Å². The van der Waals surface area contributed by atoms with Crippen LogP contribution in [0.2, 0.25) is 0 Å². The Morgan fingerprint density at radius 2 is 1.94 bits per heavy atom. The molecule has 0 spiro atoms. The summed E-state index contributed by atoms with van der Waals surface area (Å²) in [6.07, 6.45) is 7.92. The molecule has 32 heavy (non-hydrogen) atoms. The number of aromatic nitrogens is 4. The summed E-state index contributed by atoms with van der Waals surface area (Å²) in [5.41, 5.74) is 2.97. The minimum Gasteiger partial charge on any atom is -0.490 e. The van der Waals surface area contributed by atoms with Crippen LogP contribution in [0.3, 0.4) is 0 Å². The number of para-hydroxylation sites is 1. The molecule has 1 saturated carbocycles. The maximum Gasteiger partial charge on any atom is 0.322 e. The quantitative estimate of drug-likeness (QED) is 0.553. The van der Waals surface area contributed by atoms with Crippen molar-refractivity contribution in [3.63, 3.8) is 0 Å². The zero-order valence-corrected chi connectivity index (χ0v) is 18.9.